The van der Waals surface area contributed by atoms with Crippen molar-refractivity contribution in [2.45, 2.75) is 73.6 Å². The Balaban J connectivity index is 1.68. The van der Waals surface area contributed by atoms with E-state index in [1.807, 2.05) is 0 Å². The third-order valence-corrected chi connectivity index (χ3v) is 8.33. The molecule has 0 aromatic carbocycles. The second-order valence-electron chi connectivity index (χ2n) is 10.3. The van der Waals surface area contributed by atoms with E-state index in [4.69, 9.17) is 0 Å². The molecule has 1 N–H and O–H groups in total. The molecule has 0 aromatic rings. The Labute approximate surface area is 145 Å². The molecular weight excluding hydrogens is 278 g/mol. The van der Waals surface area contributed by atoms with Crippen molar-refractivity contribution in [1.82, 2.24) is 5.32 Å². The van der Waals surface area contributed by atoms with Gasteiger partial charge in [-0.2, -0.15) is 0 Å². The molecule has 0 amide bonds. The van der Waals surface area contributed by atoms with E-state index in [0.29, 0.717) is 5.41 Å². The average molecular weight is 320 g/mol. The molecule has 23 heavy (non-hydrogen) atoms. The molecule has 7 unspecified atom stereocenters. The zero-order valence-corrected chi connectivity index (χ0v) is 16.6. The molecule has 0 aromatic heterocycles. The first-order valence-corrected chi connectivity index (χ1v) is 10.6. The van der Waals surface area contributed by atoms with Crippen molar-refractivity contribution in [1.29, 1.82) is 0 Å². The highest BCUT2D eigenvalue weighted by molar-refractivity contribution is 5.09. The number of hydrogen-bond acceptors (Lipinski definition) is 1. The Kier molecular flexibility index (Phi) is 5.17. The molecule has 134 valence electrons. The lowest BCUT2D eigenvalue weighted by atomic mass is 9.64. The van der Waals surface area contributed by atoms with Crippen LogP contribution < -0.4 is 5.32 Å². The van der Waals surface area contributed by atoms with Gasteiger partial charge in [-0.3, -0.25) is 0 Å². The third-order valence-electron chi connectivity index (χ3n) is 8.33. The molecule has 0 aliphatic heterocycles. The summed E-state index contributed by atoms with van der Waals surface area (Å²) in [7, 11) is 0. The molecule has 0 saturated heterocycles. The lowest BCUT2D eigenvalue weighted by Crippen LogP contribution is -2.35. The fourth-order valence-electron chi connectivity index (χ4n) is 6.94. The summed E-state index contributed by atoms with van der Waals surface area (Å²) < 4.78 is 0. The van der Waals surface area contributed by atoms with Gasteiger partial charge < -0.3 is 5.32 Å². The summed E-state index contributed by atoms with van der Waals surface area (Å²) in [6, 6.07) is 0. The highest BCUT2D eigenvalue weighted by Crippen LogP contribution is 2.67. The van der Waals surface area contributed by atoms with E-state index in [-0.39, 0.29) is 0 Å². The van der Waals surface area contributed by atoms with Gasteiger partial charge in [-0.1, -0.05) is 54.4 Å². The van der Waals surface area contributed by atoms with Crippen LogP contribution in [0.1, 0.15) is 73.6 Å². The highest BCUT2D eigenvalue weighted by atomic mass is 14.9. The number of hydrogen-bond donors (Lipinski definition) is 1. The zero-order valence-electron chi connectivity index (χ0n) is 16.6. The maximum Gasteiger partial charge on any atom is -0.00176 e. The van der Waals surface area contributed by atoms with E-state index in [1.54, 1.807) is 0 Å². The van der Waals surface area contributed by atoms with Gasteiger partial charge >= 0.3 is 0 Å². The van der Waals surface area contributed by atoms with E-state index in [9.17, 15) is 0 Å². The minimum atomic E-state index is 0.588. The van der Waals surface area contributed by atoms with Crippen molar-refractivity contribution in [3.63, 3.8) is 0 Å². The maximum absolute atomic E-state index is 3.76. The number of nitrogens with one attached hydrogen (secondary N) is 1. The van der Waals surface area contributed by atoms with Crippen LogP contribution in [-0.4, -0.2) is 13.1 Å². The second-order valence-corrected chi connectivity index (χ2v) is 10.3. The van der Waals surface area contributed by atoms with Gasteiger partial charge in [-0.05, 0) is 85.1 Å². The van der Waals surface area contributed by atoms with Gasteiger partial charge in [0.05, 0.1) is 0 Å². The molecule has 0 radical (unpaired) electrons. The van der Waals surface area contributed by atoms with Crippen molar-refractivity contribution < 1.29 is 0 Å². The number of rotatable bonds is 5. The first kappa shape index (κ1) is 17.8. The van der Waals surface area contributed by atoms with Gasteiger partial charge in [-0.25, -0.2) is 0 Å². The van der Waals surface area contributed by atoms with E-state index >= 15 is 0 Å². The normalized spacial score (nSPS) is 45.3. The molecule has 7 atom stereocenters. The predicted molar refractivity (Wildman–Crippen MR) is 100 cm³/mol. The standard InChI is InChI=1S/C22H41N/c1-7-16-8-9-18-19(10-16)22(5,6)20-11-17(15(4)21(18)20)13-23-12-14(2)3/h14-21,23H,7-13H2,1-6H3. The molecule has 3 fully saturated rings. The van der Waals surface area contributed by atoms with Crippen molar-refractivity contribution in [3.05, 3.63) is 0 Å². The van der Waals surface area contributed by atoms with Crippen molar-refractivity contribution in [3.8, 4) is 0 Å². The van der Waals surface area contributed by atoms with Crippen LogP contribution in [0.3, 0.4) is 0 Å². The first-order chi connectivity index (χ1) is 10.9. The Morgan fingerprint density at radius 1 is 1.09 bits per heavy atom. The summed E-state index contributed by atoms with van der Waals surface area (Å²) >= 11 is 0. The van der Waals surface area contributed by atoms with Crippen LogP contribution in [-0.2, 0) is 0 Å². The fraction of sp³-hybridized carbons (Fsp3) is 1.00. The smallest absolute Gasteiger partial charge is 0.00176 e. The third kappa shape index (κ3) is 3.12. The minimum Gasteiger partial charge on any atom is -0.316 e. The molecule has 3 aliphatic carbocycles. The van der Waals surface area contributed by atoms with E-state index in [0.717, 1.165) is 47.3 Å². The number of fused-ring (bicyclic) bond motifs is 3. The lowest BCUT2D eigenvalue weighted by Gasteiger charge is -2.41. The molecule has 3 aliphatic rings. The van der Waals surface area contributed by atoms with Gasteiger partial charge in [0.1, 0.15) is 0 Å². The SMILES string of the molecule is CCC1CCC2C3C(C)C(CNCC(C)C)CC3C(C)(C)C2C1. The Morgan fingerprint density at radius 3 is 2.48 bits per heavy atom. The van der Waals surface area contributed by atoms with Crippen LogP contribution >= 0.6 is 0 Å². The maximum atomic E-state index is 3.76. The summed E-state index contributed by atoms with van der Waals surface area (Å²) in [6.45, 7) is 17.3. The van der Waals surface area contributed by atoms with Gasteiger partial charge in [0.2, 0.25) is 0 Å². The zero-order chi connectivity index (χ0) is 16.8. The molecule has 3 rings (SSSR count). The van der Waals surface area contributed by atoms with Gasteiger partial charge in [0.15, 0.2) is 0 Å². The van der Waals surface area contributed by atoms with Crippen LogP contribution in [0.25, 0.3) is 0 Å². The molecule has 0 spiro atoms. The van der Waals surface area contributed by atoms with Gasteiger partial charge in [-0.15, -0.1) is 0 Å². The Morgan fingerprint density at radius 2 is 1.83 bits per heavy atom. The van der Waals surface area contributed by atoms with Crippen molar-refractivity contribution in [2.75, 3.05) is 13.1 Å². The summed E-state index contributed by atoms with van der Waals surface area (Å²) in [5, 5.41) is 3.76. The predicted octanol–water partition coefficient (Wildman–Crippen LogP) is 5.60. The lowest BCUT2D eigenvalue weighted by molar-refractivity contribution is 0.0850. The topological polar surface area (TPSA) is 12.0 Å². The minimum absolute atomic E-state index is 0.588. The summed E-state index contributed by atoms with van der Waals surface area (Å²) in [6.07, 6.45) is 7.48. The largest absolute Gasteiger partial charge is 0.316 e. The fourth-order valence-corrected chi connectivity index (χ4v) is 6.94. The highest BCUT2D eigenvalue weighted by Gasteiger charge is 2.61. The molecule has 1 heteroatoms. The summed E-state index contributed by atoms with van der Waals surface area (Å²) in [4.78, 5) is 0. The van der Waals surface area contributed by atoms with Crippen molar-refractivity contribution >= 4 is 0 Å². The first-order valence-electron chi connectivity index (χ1n) is 10.6. The van der Waals surface area contributed by atoms with Gasteiger partial charge in [0, 0.05) is 0 Å². The quantitative estimate of drug-likeness (QED) is 0.695. The summed E-state index contributed by atoms with van der Waals surface area (Å²) in [5.41, 5.74) is 0.588. The van der Waals surface area contributed by atoms with Crippen LogP contribution in [0.15, 0.2) is 0 Å². The molecule has 3 saturated carbocycles. The van der Waals surface area contributed by atoms with Crippen molar-refractivity contribution in [2.24, 2.45) is 52.8 Å². The van der Waals surface area contributed by atoms with Crippen LogP contribution in [0.2, 0.25) is 0 Å². The average Bonchev–Trinajstić information content (AvgIpc) is 2.94. The summed E-state index contributed by atoms with van der Waals surface area (Å²) in [5.74, 6) is 7.74. The molecule has 0 heterocycles. The van der Waals surface area contributed by atoms with Gasteiger partial charge in [0.25, 0.3) is 0 Å². The molecule has 0 bridgehead atoms. The second kappa shape index (κ2) is 6.70. The van der Waals surface area contributed by atoms with Crippen LogP contribution in [0.5, 0.6) is 0 Å². The van der Waals surface area contributed by atoms with E-state index in [1.165, 1.54) is 45.2 Å². The molecular formula is C22H41N. The van der Waals surface area contributed by atoms with E-state index in [2.05, 4.69) is 46.9 Å². The Hall–Kier alpha value is -0.0400. The van der Waals surface area contributed by atoms with E-state index < -0.39 is 0 Å². The Bertz CT molecular complexity index is 399. The monoisotopic (exact) mass is 319 g/mol. The van der Waals surface area contributed by atoms with Crippen LogP contribution in [0.4, 0.5) is 0 Å². The van der Waals surface area contributed by atoms with Crippen LogP contribution in [0, 0.1) is 52.8 Å². The molecule has 1 nitrogen and oxygen atoms in total.